The second kappa shape index (κ2) is 8.25. The molecule has 0 saturated carbocycles. The zero-order chi connectivity index (χ0) is 22.9. The molecule has 0 radical (unpaired) electrons. The Bertz CT molecular complexity index is 1490. The van der Waals surface area contributed by atoms with E-state index < -0.39 is 33.3 Å². The first kappa shape index (κ1) is 21.2. The molecule has 0 aliphatic carbocycles. The van der Waals surface area contributed by atoms with Crippen LogP contribution in [0.5, 0.6) is 11.5 Å². The fourth-order valence-corrected chi connectivity index (χ4v) is 3.67. The maximum absolute atomic E-state index is 11.6. The summed E-state index contributed by atoms with van der Waals surface area (Å²) in [6, 6.07) is 15.5. The van der Waals surface area contributed by atoms with Crippen LogP contribution >= 0.6 is 0 Å². The molecule has 4 rings (SSSR count). The van der Waals surface area contributed by atoms with Gasteiger partial charge in [0.15, 0.2) is 18.1 Å². The highest BCUT2D eigenvalue weighted by molar-refractivity contribution is 7.85. The quantitative estimate of drug-likeness (QED) is 0.297. The van der Waals surface area contributed by atoms with Crippen molar-refractivity contribution in [1.82, 2.24) is 4.98 Å². The third kappa shape index (κ3) is 4.22. The van der Waals surface area contributed by atoms with Gasteiger partial charge in [0.25, 0.3) is 10.1 Å². The lowest BCUT2D eigenvalue weighted by Gasteiger charge is -2.12. The minimum absolute atomic E-state index is 0.0498. The molecule has 0 spiro atoms. The van der Waals surface area contributed by atoms with E-state index in [-0.39, 0.29) is 22.2 Å². The molecule has 1 heterocycles. The largest absolute Gasteiger partial charge is 0.504 e. The second-order valence-corrected chi connectivity index (χ2v) is 8.21. The number of rotatable bonds is 6. The second-order valence-electron chi connectivity index (χ2n) is 6.79. The summed E-state index contributed by atoms with van der Waals surface area (Å²) in [7, 11) is -4.55. The van der Waals surface area contributed by atoms with Crippen molar-refractivity contribution in [1.29, 1.82) is 0 Å². The summed E-state index contributed by atoms with van der Waals surface area (Å²) in [6.45, 7) is -0.706. The van der Waals surface area contributed by atoms with Crippen molar-refractivity contribution in [2.45, 2.75) is 4.90 Å². The molecule has 0 aliphatic rings. The first-order chi connectivity index (χ1) is 15.2. The highest BCUT2D eigenvalue weighted by Crippen LogP contribution is 2.36. The van der Waals surface area contributed by atoms with E-state index in [4.69, 9.17) is 9.84 Å². The summed E-state index contributed by atoms with van der Waals surface area (Å²) in [5.74, 6) is -1.85. The first-order valence-electron chi connectivity index (χ1n) is 9.23. The van der Waals surface area contributed by atoms with Gasteiger partial charge in [0.05, 0.1) is 11.2 Å². The normalized spacial score (nSPS) is 11.9. The van der Waals surface area contributed by atoms with Gasteiger partial charge in [0, 0.05) is 34.8 Å². The molecule has 0 bridgehead atoms. The van der Waals surface area contributed by atoms with Crippen molar-refractivity contribution in [3.05, 3.63) is 66.4 Å². The van der Waals surface area contributed by atoms with E-state index in [1.54, 1.807) is 6.07 Å². The fourth-order valence-electron chi connectivity index (χ4n) is 3.22. The molecule has 0 fully saturated rings. The lowest BCUT2D eigenvalue weighted by atomic mass is 10.1. The zero-order valence-electron chi connectivity index (χ0n) is 16.3. The summed E-state index contributed by atoms with van der Waals surface area (Å²) in [5.41, 5.74) is 0.843. The van der Waals surface area contributed by atoms with Gasteiger partial charge in [-0.2, -0.15) is 8.42 Å². The summed E-state index contributed by atoms with van der Waals surface area (Å²) in [4.78, 5) is 18.9. The average Bonchev–Trinajstić information content (AvgIpc) is 2.76. The number of hydrogen-bond donors (Lipinski definition) is 3. The number of benzene rings is 3. The average molecular weight is 452 g/mol. The van der Waals surface area contributed by atoms with Gasteiger partial charge >= 0.3 is 5.97 Å². The Morgan fingerprint density at radius 1 is 1.09 bits per heavy atom. The lowest BCUT2D eigenvalue weighted by Crippen LogP contribution is -2.10. The summed E-state index contributed by atoms with van der Waals surface area (Å²) in [6.07, 6.45) is 2.25. The van der Waals surface area contributed by atoms with E-state index in [2.05, 4.69) is 9.98 Å². The molecule has 0 saturated heterocycles. The topological polar surface area (TPSA) is 146 Å². The first-order valence-corrected chi connectivity index (χ1v) is 10.7. The molecule has 32 heavy (non-hydrogen) atoms. The fraction of sp³-hybridized carbons (Fsp3) is 0.0455. The Morgan fingerprint density at radius 3 is 2.59 bits per heavy atom. The highest BCUT2D eigenvalue weighted by Gasteiger charge is 2.18. The van der Waals surface area contributed by atoms with Crippen molar-refractivity contribution in [3.63, 3.8) is 0 Å². The van der Waals surface area contributed by atoms with Crippen LogP contribution in [0.25, 0.3) is 21.7 Å². The number of hydrogen-bond acceptors (Lipinski definition) is 7. The molecule has 0 atom stereocenters. The van der Waals surface area contributed by atoms with Crippen LogP contribution in [0, 0.1) is 0 Å². The zero-order valence-corrected chi connectivity index (χ0v) is 17.2. The van der Waals surface area contributed by atoms with Crippen LogP contribution in [-0.4, -0.2) is 47.0 Å². The molecular weight excluding hydrogens is 436 g/mol. The number of aromatic hydroxyl groups is 1. The summed E-state index contributed by atoms with van der Waals surface area (Å²) >= 11 is 0. The van der Waals surface area contributed by atoms with Crippen molar-refractivity contribution < 1.29 is 32.7 Å². The lowest BCUT2D eigenvalue weighted by molar-refractivity contribution is -0.139. The molecule has 0 aliphatic heterocycles. The van der Waals surface area contributed by atoms with Gasteiger partial charge < -0.3 is 14.9 Å². The summed E-state index contributed by atoms with van der Waals surface area (Å²) < 4.78 is 37.7. The van der Waals surface area contributed by atoms with Gasteiger partial charge in [-0.25, -0.2) is 4.79 Å². The van der Waals surface area contributed by atoms with Crippen molar-refractivity contribution in [3.8, 4) is 11.5 Å². The third-order valence-electron chi connectivity index (χ3n) is 4.69. The number of fused-ring (bicyclic) bond motifs is 2. The van der Waals surface area contributed by atoms with E-state index in [9.17, 15) is 22.9 Å². The minimum atomic E-state index is -4.55. The van der Waals surface area contributed by atoms with E-state index >= 15 is 0 Å². The maximum Gasteiger partial charge on any atom is 0.341 e. The number of aromatic nitrogens is 1. The van der Waals surface area contributed by atoms with Gasteiger partial charge in [-0.3, -0.25) is 14.5 Å². The van der Waals surface area contributed by atoms with E-state index in [1.165, 1.54) is 12.3 Å². The number of carboxylic acid groups (broad SMARTS) is 1. The Morgan fingerprint density at radius 2 is 1.84 bits per heavy atom. The van der Waals surface area contributed by atoms with Crippen molar-refractivity contribution >= 4 is 49.7 Å². The molecular formula is C22H16N2O7S. The number of ether oxygens (including phenoxy) is 1. The Kier molecular flexibility index (Phi) is 5.47. The van der Waals surface area contributed by atoms with Crippen molar-refractivity contribution in [2.24, 2.45) is 4.99 Å². The van der Waals surface area contributed by atoms with Crippen LogP contribution < -0.4 is 4.74 Å². The number of phenols is 1. The molecule has 3 aromatic carbocycles. The van der Waals surface area contributed by atoms with E-state index in [0.29, 0.717) is 5.69 Å². The number of aliphatic carboxylic acids is 1. The Hall–Kier alpha value is -4.02. The van der Waals surface area contributed by atoms with E-state index in [1.807, 2.05) is 36.4 Å². The molecule has 3 N–H and O–H groups in total. The van der Waals surface area contributed by atoms with Crippen LogP contribution in [0.1, 0.15) is 5.56 Å². The SMILES string of the molecule is O=C(O)COc1cc2ncc(S(=O)(=O)O)cc2c(C=Nc2cccc3ccccc23)c1O. The van der Waals surface area contributed by atoms with Crippen molar-refractivity contribution in [2.75, 3.05) is 6.61 Å². The van der Waals surface area contributed by atoms with Crippen LogP contribution in [0.2, 0.25) is 0 Å². The Labute approximate surface area is 182 Å². The molecule has 162 valence electrons. The molecule has 9 nitrogen and oxygen atoms in total. The standard InChI is InChI=1S/C22H16N2O7S/c25-21(26)12-31-20-9-19-16(8-14(10-23-19)32(28,29)30)17(22(20)27)11-24-18-7-3-5-13-4-1-2-6-15(13)18/h1-11,27H,12H2,(H,25,26)(H,28,29,30). The number of carboxylic acids is 1. The molecule has 0 unspecified atom stereocenters. The van der Waals surface area contributed by atoms with Gasteiger partial charge in [0.1, 0.15) is 4.90 Å². The van der Waals surface area contributed by atoms with Crippen LogP contribution in [0.15, 0.2) is 70.7 Å². The van der Waals surface area contributed by atoms with Gasteiger partial charge in [0.2, 0.25) is 0 Å². The van der Waals surface area contributed by atoms with E-state index in [0.717, 1.165) is 23.0 Å². The highest BCUT2D eigenvalue weighted by atomic mass is 32.2. The number of phenolic OH excluding ortho intramolecular Hbond substituents is 1. The van der Waals surface area contributed by atoms with Gasteiger partial charge in [-0.15, -0.1) is 0 Å². The van der Waals surface area contributed by atoms with Gasteiger partial charge in [-0.05, 0) is 17.5 Å². The molecule has 0 amide bonds. The Balaban J connectivity index is 1.92. The third-order valence-corrected chi connectivity index (χ3v) is 5.51. The monoisotopic (exact) mass is 452 g/mol. The van der Waals surface area contributed by atoms with Crippen LogP contribution in [0.3, 0.4) is 0 Å². The predicted octanol–water partition coefficient (Wildman–Crippen LogP) is 3.55. The number of nitrogens with zero attached hydrogens (tertiary/aromatic N) is 2. The predicted molar refractivity (Wildman–Crippen MR) is 118 cm³/mol. The number of pyridine rings is 1. The minimum Gasteiger partial charge on any atom is -0.504 e. The van der Waals surface area contributed by atoms with Crippen LogP contribution in [-0.2, 0) is 14.9 Å². The summed E-state index contributed by atoms with van der Waals surface area (Å²) in [5, 5.41) is 21.6. The smallest absolute Gasteiger partial charge is 0.341 e. The van der Waals surface area contributed by atoms with Crippen LogP contribution in [0.4, 0.5) is 5.69 Å². The number of carbonyl (C=O) groups is 1. The maximum atomic E-state index is 11.6. The molecule has 10 heteroatoms. The van der Waals surface area contributed by atoms with Gasteiger partial charge in [-0.1, -0.05) is 36.4 Å². The molecule has 4 aromatic rings. The molecule has 1 aromatic heterocycles. The number of aliphatic imine (C=N–C) groups is 1.